The standard InChI is InChI=1S/C18H22BrNO/c1-14(20)17-13-16(19)10-11-18(17)21-12-6-5-9-15-7-3-2-4-8-15/h2-4,7-8,10-11,13-14H,5-6,9,12,20H2,1H3/t14-/m0/s1. The molecule has 3 heteroatoms. The van der Waals surface area contributed by atoms with E-state index in [0.717, 1.165) is 41.7 Å². The van der Waals surface area contributed by atoms with Gasteiger partial charge in [0, 0.05) is 16.1 Å². The largest absolute Gasteiger partial charge is 0.493 e. The van der Waals surface area contributed by atoms with Crippen molar-refractivity contribution in [3.8, 4) is 5.75 Å². The summed E-state index contributed by atoms with van der Waals surface area (Å²) in [5.41, 5.74) is 8.42. The Labute approximate surface area is 135 Å². The Kier molecular flexibility index (Phi) is 6.27. The van der Waals surface area contributed by atoms with Crippen molar-refractivity contribution in [3.05, 3.63) is 64.1 Å². The first-order valence-corrected chi connectivity index (χ1v) is 8.18. The molecule has 2 rings (SSSR count). The molecule has 0 amide bonds. The van der Waals surface area contributed by atoms with Crippen LogP contribution in [0, 0.1) is 0 Å². The summed E-state index contributed by atoms with van der Waals surface area (Å²) >= 11 is 3.47. The van der Waals surface area contributed by atoms with Crippen LogP contribution in [0.4, 0.5) is 0 Å². The van der Waals surface area contributed by atoms with Gasteiger partial charge in [-0.2, -0.15) is 0 Å². The van der Waals surface area contributed by atoms with Gasteiger partial charge in [0.15, 0.2) is 0 Å². The Morgan fingerprint density at radius 1 is 1.10 bits per heavy atom. The normalized spacial score (nSPS) is 12.1. The highest BCUT2D eigenvalue weighted by Gasteiger charge is 2.08. The number of hydrogen-bond acceptors (Lipinski definition) is 2. The van der Waals surface area contributed by atoms with E-state index in [-0.39, 0.29) is 6.04 Å². The summed E-state index contributed by atoms with van der Waals surface area (Å²) in [6.45, 7) is 2.71. The van der Waals surface area contributed by atoms with Crippen molar-refractivity contribution >= 4 is 15.9 Å². The molecule has 0 aliphatic carbocycles. The predicted octanol–water partition coefficient (Wildman–Crippen LogP) is 4.87. The lowest BCUT2D eigenvalue weighted by molar-refractivity contribution is 0.302. The van der Waals surface area contributed by atoms with Crippen LogP contribution in [0.2, 0.25) is 0 Å². The molecule has 0 aromatic heterocycles. The number of nitrogens with two attached hydrogens (primary N) is 1. The molecule has 0 spiro atoms. The number of unbranched alkanes of at least 4 members (excludes halogenated alkanes) is 1. The Morgan fingerprint density at radius 2 is 1.86 bits per heavy atom. The monoisotopic (exact) mass is 347 g/mol. The summed E-state index contributed by atoms with van der Waals surface area (Å²) in [5.74, 6) is 0.896. The molecule has 0 fully saturated rings. The van der Waals surface area contributed by atoms with Gasteiger partial charge in [-0.15, -0.1) is 0 Å². The highest BCUT2D eigenvalue weighted by molar-refractivity contribution is 9.10. The van der Waals surface area contributed by atoms with Gasteiger partial charge in [-0.1, -0.05) is 46.3 Å². The van der Waals surface area contributed by atoms with E-state index >= 15 is 0 Å². The van der Waals surface area contributed by atoms with Gasteiger partial charge < -0.3 is 10.5 Å². The molecule has 0 aliphatic rings. The zero-order valence-electron chi connectivity index (χ0n) is 12.4. The van der Waals surface area contributed by atoms with Gasteiger partial charge in [-0.05, 0) is 49.9 Å². The molecule has 2 N–H and O–H groups in total. The lowest BCUT2D eigenvalue weighted by Crippen LogP contribution is -2.09. The summed E-state index contributed by atoms with van der Waals surface area (Å²) in [6, 6.07) is 16.5. The molecule has 2 nitrogen and oxygen atoms in total. The number of aryl methyl sites for hydroxylation is 1. The molecule has 0 unspecified atom stereocenters. The molecule has 21 heavy (non-hydrogen) atoms. The SMILES string of the molecule is C[C@H](N)c1cc(Br)ccc1OCCCCc1ccccc1. The smallest absolute Gasteiger partial charge is 0.124 e. The fraction of sp³-hybridized carbons (Fsp3) is 0.333. The van der Waals surface area contributed by atoms with E-state index in [2.05, 4.69) is 46.3 Å². The first kappa shape index (κ1) is 16.1. The van der Waals surface area contributed by atoms with Crippen molar-refractivity contribution in [1.29, 1.82) is 0 Å². The van der Waals surface area contributed by atoms with Crippen molar-refractivity contribution < 1.29 is 4.74 Å². The van der Waals surface area contributed by atoms with E-state index in [1.54, 1.807) is 0 Å². The highest BCUT2D eigenvalue weighted by atomic mass is 79.9. The minimum atomic E-state index is -0.0261. The van der Waals surface area contributed by atoms with Crippen LogP contribution in [-0.4, -0.2) is 6.61 Å². The molecule has 112 valence electrons. The number of hydrogen-bond donors (Lipinski definition) is 1. The molecule has 0 aliphatic heterocycles. The molecule has 0 heterocycles. The number of ether oxygens (including phenoxy) is 1. The quantitative estimate of drug-likeness (QED) is 0.725. The summed E-state index contributed by atoms with van der Waals surface area (Å²) in [7, 11) is 0. The van der Waals surface area contributed by atoms with Crippen LogP contribution < -0.4 is 10.5 Å². The topological polar surface area (TPSA) is 35.2 Å². The third kappa shape index (κ3) is 5.18. The maximum absolute atomic E-state index is 5.99. The third-order valence-corrected chi connectivity index (χ3v) is 3.92. The van der Waals surface area contributed by atoms with Crippen LogP contribution in [0.25, 0.3) is 0 Å². The van der Waals surface area contributed by atoms with Gasteiger partial charge in [-0.25, -0.2) is 0 Å². The minimum Gasteiger partial charge on any atom is -0.493 e. The maximum Gasteiger partial charge on any atom is 0.124 e. The number of benzene rings is 2. The Bertz CT molecular complexity index is 554. The third-order valence-electron chi connectivity index (χ3n) is 3.42. The van der Waals surface area contributed by atoms with Crippen molar-refractivity contribution in [1.82, 2.24) is 0 Å². The number of halogens is 1. The van der Waals surface area contributed by atoms with Gasteiger partial charge in [0.25, 0.3) is 0 Å². The number of rotatable bonds is 7. The summed E-state index contributed by atoms with van der Waals surface area (Å²) < 4.78 is 6.92. The second-order valence-corrected chi connectivity index (χ2v) is 6.18. The van der Waals surface area contributed by atoms with E-state index < -0.39 is 0 Å². The van der Waals surface area contributed by atoms with Crippen molar-refractivity contribution in [3.63, 3.8) is 0 Å². The zero-order chi connectivity index (χ0) is 15.1. The average molecular weight is 348 g/mol. The van der Waals surface area contributed by atoms with Crippen molar-refractivity contribution in [2.75, 3.05) is 6.61 Å². The van der Waals surface area contributed by atoms with Crippen LogP contribution in [0.3, 0.4) is 0 Å². The van der Waals surface area contributed by atoms with Crippen LogP contribution >= 0.6 is 15.9 Å². The Hall–Kier alpha value is -1.32. The second-order valence-electron chi connectivity index (χ2n) is 5.26. The fourth-order valence-corrected chi connectivity index (χ4v) is 2.64. The van der Waals surface area contributed by atoms with Gasteiger partial charge in [0.05, 0.1) is 6.61 Å². The average Bonchev–Trinajstić information content (AvgIpc) is 2.49. The summed E-state index contributed by atoms with van der Waals surface area (Å²) in [6.07, 6.45) is 3.28. The molecule has 0 saturated carbocycles. The summed E-state index contributed by atoms with van der Waals surface area (Å²) in [4.78, 5) is 0. The zero-order valence-corrected chi connectivity index (χ0v) is 14.0. The molecule has 0 saturated heterocycles. The van der Waals surface area contributed by atoms with E-state index in [0.29, 0.717) is 0 Å². The molecule has 2 aromatic carbocycles. The van der Waals surface area contributed by atoms with E-state index in [4.69, 9.17) is 10.5 Å². The predicted molar refractivity (Wildman–Crippen MR) is 91.6 cm³/mol. The lowest BCUT2D eigenvalue weighted by atomic mass is 10.1. The lowest BCUT2D eigenvalue weighted by Gasteiger charge is -2.14. The molecule has 0 radical (unpaired) electrons. The van der Waals surface area contributed by atoms with Gasteiger partial charge in [-0.3, -0.25) is 0 Å². The van der Waals surface area contributed by atoms with Crippen LogP contribution in [0.15, 0.2) is 53.0 Å². The fourth-order valence-electron chi connectivity index (χ4n) is 2.26. The van der Waals surface area contributed by atoms with Gasteiger partial charge in [0.2, 0.25) is 0 Å². The van der Waals surface area contributed by atoms with E-state index in [1.165, 1.54) is 5.56 Å². The molecule has 2 aromatic rings. The van der Waals surface area contributed by atoms with Crippen LogP contribution in [0.5, 0.6) is 5.75 Å². The van der Waals surface area contributed by atoms with Crippen molar-refractivity contribution in [2.45, 2.75) is 32.2 Å². The van der Waals surface area contributed by atoms with E-state index in [9.17, 15) is 0 Å². The molecular weight excluding hydrogens is 326 g/mol. The van der Waals surface area contributed by atoms with Crippen molar-refractivity contribution in [2.24, 2.45) is 5.73 Å². The van der Waals surface area contributed by atoms with E-state index in [1.807, 2.05) is 25.1 Å². The first-order chi connectivity index (χ1) is 10.2. The van der Waals surface area contributed by atoms with Crippen LogP contribution in [0.1, 0.15) is 36.9 Å². The molecular formula is C18H22BrNO. The first-order valence-electron chi connectivity index (χ1n) is 7.38. The van der Waals surface area contributed by atoms with Crippen LogP contribution in [-0.2, 0) is 6.42 Å². The Morgan fingerprint density at radius 3 is 2.57 bits per heavy atom. The Balaban J connectivity index is 1.78. The molecule has 0 bridgehead atoms. The van der Waals surface area contributed by atoms with Gasteiger partial charge in [0.1, 0.15) is 5.75 Å². The second kappa shape index (κ2) is 8.20. The molecule has 1 atom stereocenters. The van der Waals surface area contributed by atoms with Gasteiger partial charge >= 0.3 is 0 Å². The maximum atomic E-state index is 5.99. The highest BCUT2D eigenvalue weighted by Crippen LogP contribution is 2.27. The summed E-state index contributed by atoms with van der Waals surface area (Å²) in [5, 5.41) is 0. The minimum absolute atomic E-state index is 0.0261.